The summed E-state index contributed by atoms with van der Waals surface area (Å²) in [6.07, 6.45) is 108. The number of carbonyl (C=O) groups is 2. The topological polar surface area (TPSA) is 134 Å². The van der Waals surface area contributed by atoms with Gasteiger partial charge in [0.2, 0.25) is 0 Å². The molecule has 9 nitrogen and oxygen atoms in total. The average molecular weight is 1280 g/mol. The maximum Gasteiger partial charge on any atom is 0.472 e. The number of esters is 2. The predicted molar refractivity (Wildman–Crippen MR) is 394 cm³/mol. The first kappa shape index (κ1) is 86.9. The molecule has 0 saturated carbocycles. The molecule has 0 amide bonds. The van der Waals surface area contributed by atoms with Gasteiger partial charge >= 0.3 is 19.8 Å². The van der Waals surface area contributed by atoms with Gasteiger partial charge in [-0.15, -0.1) is 0 Å². The molecule has 0 aliphatic rings. The number of ether oxygens (including phenoxy) is 2. The van der Waals surface area contributed by atoms with Crippen LogP contribution in [0.1, 0.15) is 322 Å². The average Bonchev–Trinajstić information content (AvgIpc) is 3.74. The highest BCUT2D eigenvalue weighted by Gasteiger charge is 2.26. The van der Waals surface area contributed by atoms with Gasteiger partial charge in [-0.05, 0) is 116 Å². The van der Waals surface area contributed by atoms with Crippen molar-refractivity contribution in [3.05, 3.63) is 146 Å². The number of nitrogens with two attached hydrogens (primary N) is 1. The molecule has 0 aliphatic heterocycles. The molecule has 0 heterocycles. The molecule has 91 heavy (non-hydrogen) atoms. The van der Waals surface area contributed by atoms with Crippen molar-refractivity contribution in [2.75, 3.05) is 26.4 Å². The summed E-state index contributed by atoms with van der Waals surface area (Å²) in [6, 6.07) is 0. The van der Waals surface area contributed by atoms with Crippen LogP contribution in [-0.2, 0) is 32.7 Å². The van der Waals surface area contributed by atoms with Crippen molar-refractivity contribution in [2.24, 2.45) is 5.73 Å². The van der Waals surface area contributed by atoms with Crippen molar-refractivity contribution < 1.29 is 37.6 Å². The lowest BCUT2D eigenvalue weighted by Crippen LogP contribution is -2.29. The van der Waals surface area contributed by atoms with Crippen molar-refractivity contribution in [1.29, 1.82) is 0 Å². The van der Waals surface area contributed by atoms with Crippen LogP contribution in [0.4, 0.5) is 0 Å². The van der Waals surface area contributed by atoms with E-state index in [1.807, 2.05) is 0 Å². The minimum absolute atomic E-state index is 0.0494. The first-order valence-corrected chi connectivity index (χ1v) is 38.8. The highest BCUT2D eigenvalue weighted by Crippen LogP contribution is 2.43. The van der Waals surface area contributed by atoms with E-state index in [0.717, 1.165) is 116 Å². The SMILES string of the molecule is CC/C=C\C/C=C\C/C=C\C/C=C\C/C=C\C/C=C\CCCCCCCCCCCCCCCCCCC(=O)OCC(COP(=O)(O)OCCN)OC(=O)CCCCCCCCCCCCCCCCCC/C=C\C/C=C\C/C=C\C/C=C\C/C=C\C/C=C\CC. The molecule has 3 N–H and O–H groups in total. The minimum atomic E-state index is -4.40. The Balaban J connectivity index is 3.86. The summed E-state index contributed by atoms with van der Waals surface area (Å²) in [5.74, 6) is -0.822. The molecule has 2 unspecified atom stereocenters. The number of phosphoric acid groups is 1. The molecule has 0 aliphatic carbocycles. The van der Waals surface area contributed by atoms with Gasteiger partial charge < -0.3 is 20.1 Å². The fraction of sp³-hybridized carbons (Fsp3) is 0.679. The molecule has 2 atom stereocenters. The fourth-order valence-electron chi connectivity index (χ4n) is 10.3. The normalized spacial score (nSPS) is 13.8. The van der Waals surface area contributed by atoms with E-state index in [2.05, 4.69) is 160 Å². The summed E-state index contributed by atoms with van der Waals surface area (Å²) in [6.45, 7) is 3.54. The zero-order chi connectivity index (χ0) is 65.8. The van der Waals surface area contributed by atoms with Crippen molar-refractivity contribution in [3.8, 4) is 0 Å². The van der Waals surface area contributed by atoms with Gasteiger partial charge in [-0.2, -0.15) is 0 Å². The fourth-order valence-corrected chi connectivity index (χ4v) is 11.1. The molecule has 0 fully saturated rings. The van der Waals surface area contributed by atoms with Crippen molar-refractivity contribution in [3.63, 3.8) is 0 Å². The van der Waals surface area contributed by atoms with Crippen molar-refractivity contribution in [1.82, 2.24) is 0 Å². The van der Waals surface area contributed by atoms with E-state index in [-0.39, 0.29) is 38.6 Å². The Morgan fingerprint density at radius 3 is 0.846 bits per heavy atom. The highest BCUT2D eigenvalue weighted by atomic mass is 31.2. The van der Waals surface area contributed by atoms with E-state index in [4.69, 9.17) is 24.3 Å². The van der Waals surface area contributed by atoms with E-state index in [1.54, 1.807) is 0 Å². The Labute approximate surface area is 560 Å². The molecule has 0 aromatic heterocycles. The van der Waals surface area contributed by atoms with Crippen LogP contribution in [0.3, 0.4) is 0 Å². The molecular formula is C81H138NO8P. The predicted octanol–water partition coefficient (Wildman–Crippen LogP) is 25.0. The van der Waals surface area contributed by atoms with Gasteiger partial charge in [0.05, 0.1) is 13.2 Å². The Morgan fingerprint density at radius 1 is 0.330 bits per heavy atom. The summed E-state index contributed by atoms with van der Waals surface area (Å²) in [5, 5.41) is 0. The minimum Gasteiger partial charge on any atom is -0.462 e. The monoisotopic (exact) mass is 1280 g/mol. The first-order valence-electron chi connectivity index (χ1n) is 37.3. The molecule has 0 rings (SSSR count). The number of hydrogen-bond donors (Lipinski definition) is 2. The van der Waals surface area contributed by atoms with Crippen LogP contribution >= 0.6 is 7.82 Å². The number of allylic oxidation sites excluding steroid dienone is 24. The molecule has 0 aromatic carbocycles. The van der Waals surface area contributed by atoms with Gasteiger partial charge in [0.1, 0.15) is 6.61 Å². The number of carbonyl (C=O) groups excluding carboxylic acids is 2. The largest absolute Gasteiger partial charge is 0.472 e. The molecule has 0 bridgehead atoms. The van der Waals surface area contributed by atoms with E-state index in [9.17, 15) is 19.0 Å². The van der Waals surface area contributed by atoms with Gasteiger partial charge in [-0.1, -0.05) is 339 Å². The number of hydrogen-bond acceptors (Lipinski definition) is 8. The zero-order valence-corrected chi connectivity index (χ0v) is 59.4. The van der Waals surface area contributed by atoms with Crippen LogP contribution in [0.25, 0.3) is 0 Å². The Kier molecular flexibility index (Phi) is 71.5. The third-order valence-corrected chi connectivity index (χ3v) is 16.7. The summed E-state index contributed by atoms with van der Waals surface area (Å²) in [4.78, 5) is 35.4. The van der Waals surface area contributed by atoms with Gasteiger partial charge in [0.15, 0.2) is 6.10 Å². The van der Waals surface area contributed by atoms with Gasteiger partial charge in [0.25, 0.3) is 0 Å². The maximum atomic E-state index is 12.8. The van der Waals surface area contributed by atoms with Crippen LogP contribution < -0.4 is 5.73 Å². The summed E-state index contributed by atoms with van der Waals surface area (Å²) in [7, 11) is -4.40. The standard InChI is InChI=1S/C81H138NO8P/c1-3-5-7-9-11-13-15-17-19-21-23-25-27-29-31-33-35-37-39-41-43-45-47-49-51-53-55-57-59-61-63-65-67-69-71-73-80(83)87-77-79(78-89-91(85,86)88-76-75-82)90-81(84)74-72-70-68-66-64-62-60-58-56-54-52-50-48-46-44-42-40-38-36-34-32-30-28-26-24-22-20-18-16-14-12-10-8-6-4-2/h5-8,11-14,17-20,23-26,29-32,35-38,79H,3-4,9-10,15-16,21-22,27-28,33-34,39-78,82H2,1-2H3,(H,85,86)/b7-5-,8-6-,13-11-,14-12-,19-17-,20-18-,25-23-,26-24-,31-29-,32-30-,37-35-,38-36-. The van der Waals surface area contributed by atoms with E-state index < -0.39 is 26.5 Å². The lowest BCUT2D eigenvalue weighted by atomic mass is 10.0. The maximum absolute atomic E-state index is 12.8. The molecular weight excluding hydrogens is 1150 g/mol. The van der Waals surface area contributed by atoms with Gasteiger partial charge in [0, 0.05) is 19.4 Å². The second kappa shape index (κ2) is 74.9. The molecule has 520 valence electrons. The molecule has 10 heteroatoms. The number of unbranched alkanes of at least 4 members (excludes halogenated alkanes) is 32. The van der Waals surface area contributed by atoms with Crippen LogP contribution in [0.5, 0.6) is 0 Å². The van der Waals surface area contributed by atoms with Crippen LogP contribution in [-0.4, -0.2) is 49.3 Å². The quantitative estimate of drug-likeness (QED) is 0.0264. The van der Waals surface area contributed by atoms with Crippen LogP contribution in [0, 0.1) is 0 Å². The number of phosphoric ester groups is 1. The molecule has 0 spiro atoms. The van der Waals surface area contributed by atoms with Crippen LogP contribution in [0.2, 0.25) is 0 Å². The molecule has 0 radical (unpaired) electrons. The summed E-state index contributed by atoms with van der Waals surface area (Å²) < 4.78 is 33.2. The van der Waals surface area contributed by atoms with Crippen LogP contribution in [0.15, 0.2) is 146 Å². The Bertz CT molecular complexity index is 2010. The molecule has 0 saturated heterocycles. The lowest BCUT2D eigenvalue weighted by Gasteiger charge is -2.19. The summed E-state index contributed by atoms with van der Waals surface area (Å²) >= 11 is 0. The zero-order valence-electron chi connectivity index (χ0n) is 58.5. The van der Waals surface area contributed by atoms with E-state index >= 15 is 0 Å². The second-order valence-electron chi connectivity index (χ2n) is 24.4. The van der Waals surface area contributed by atoms with E-state index in [1.165, 1.54) is 173 Å². The second-order valence-corrected chi connectivity index (χ2v) is 25.9. The first-order chi connectivity index (χ1) is 44.8. The number of rotatable bonds is 69. The van der Waals surface area contributed by atoms with Crippen molar-refractivity contribution >= 4 is 19.8 Å². The van der Waals surface area contributed by atoms with Crippen molar-refractivity contribution in [2.45, 2.75) is 328 Å². The third-order valence-electron chi connectivity index (χ3n) is 15.7. The van der Waals surface area contributed by atoms with E-state index in [0.29, 0.717) is 6.42 Å². The summed E-state index contributed by atoms with van der Waals surface area (Å²) in [5.41, 5.74) is 5.41. The smallest absolute Gasteiger partial charge is 0.462 e. The highest BCUT2D eigenvalue weighted by molar-refractivity contribution is 7.47. The lowest BCUT2D eigenvalue weighted by molar-refractivity contribution is -0.161. The van der Waals surface area contributed by atoms with Gasteiger partial charge in [-0.25, -0.2) is 4.57 Å². The Morgan fingerprint density at radius 2 is 0.571 bits per heavy atom. The Hall–Kier alpha value is -4.11. The molecule has 0 aromatic rings. The van der Waals surface area contributed by atoms with Gasteiger partial charge in [-0.3, -0.25) is 18.6 Å². The third kappa shape index (κ3) is 74.8.